The molecule has 1 heterocycles. The van der Waals surface area contributed by atoms with E-state index in [1.165, 1.54) is 25.2 Å². The summed E-state index contributed by atoms with van der Waals surface area (Å²) in [5.41, 5.74) is 3.55. The summed E-state index contributed by atoms with van der Waals surface area (Å²) in [5.74, 6) is -0.193. The van der Waals surface area contributed by atoms with Crippen molar-refractivity contribution in [3.63, 3.8) is 0 Å². The molecule has 3 N–H and O–H groups in total. The number of phenols is 1. The predicted octanol–water partition coefficient (Wildman–Crippen LogP) is 4.10. The second-order valence-electron chi connectivity index (χ2n) is 5.71. The third-order valence-electron chi connectivity index (χ3n) is 3.55. The zero-order valence-corrected chi connectivity index (χ0v) is 15.1. The van der Waals surface area contributed by atoms with Gasteiger partial charge in [-0.2, -0.15) is 0 Å². The van der Waals surface area contributed by atoms with Crippen molar-refractivity contribution in [1.82, 2.24) is 4.98 Å². The first kappa shape index (κ1) is 17.6. The van der Waals surface area contributed by atoms with E-state index >= 15 is 0 Å². The number of nitrogens with zero attached hydrogens (tertiary/aromatic N) is 1. The molecule has 3 rings (SSSR count). The van der Waals surface area contributed by atoms with Crippen molar-refractivity contribution < 1.29 is 14.7 Å². The monoisotopic (exact) mass is 367 g/mol. The second-order valence-corrected chi connectivity index (χ2v) is 6.57. The molecule has 132 valence electrons. The van der Waals surface area contributed by atoms with Gasteiger partial charge < -0.3 is 15.7 Å². The van der Waals surface area contributed by atoms with Crippen molar-refractivity contribution >= 4 is 34.5 Å². The highest BCUT2D eigenvalue weighted by Crippen LogP contribution is 2.34. The maximum absolute atomic E-state index is 11.5. The number of rotatable bonds is 4. The first-order chi connectivity index (χ1) is 12.4. The molecule has 0 aliphatic rings. The number of phenolic OH excluding ortho intramolecular Hbond substituents is 1. The Labute approximate surface area is 154 Å². The van der Waals surface area contributed by atoms with Gasteiger partial charge in [0.05, 0.1) is 11.4 Å². The Kier molecular flexibility index (Phi) is 4.99. The number of amides is 2. The van der Waals surface area contributed by atoms with Crippen LogP contribution >= 0.6 is 11.3 Å². The third kappa shape index (κ3) is 4.07. The zero-order valence-electron chi connectivity index (χ0n) is 14.2. The lowest BCUT2D eigenvalue weighted by Gasteiger charge is -2.11. The van der Waals surface area contributed by atoms with Gasteiger partial charge in [-0.05, 0) is 42.5 Å². The molecule has 2 amide bonds. The van der Waals surface area contributed by atoms with E-state index in [-0.39, 0.29) is 17.6 Å². The molecule has 0 unspecified atom stereocenters. The minimum Gasteiger partial charge on any atom is -0.508 e. The number of hydrogen-bond donors (Lipinski definition) is 3. The molecule has 3 aromatic rings. The molecule has 0 fully saturated rings. The number of hydrogen-bond acceptors (Lipinski definition) is 5. The van der Waals surface area contributed by atoms with Gasteiger partial charge in [0.2, 0.25) is 11.8 Å². The molecule has 0 radical (unpaired) electrons. The van der Waals surface area contributed by atoms with Gasteiger partial charge >= 0.3 is 0 Å². The normalized spacial score (nSPS) is 10.4. The molecular weight excluding hydrogens is 350 g/mol. The lowest BCUT2D eigenvalue weighted by Crippen LogP contribution is -2.09. The Hall–Kier alpha value is -3.19. The second kappa shape index (κ2) is 7.37. The van der Waals surface area contributed by atoms with Crippen LogP contribution in [0.4, 0.5) is 11.4 Å². The van der Waals surface area contributed by atoms with E-state index in [1.54, 1.807) is 36.4 Å². The molecule has 0 aliphatic carbocycles. The number of nitrogens with one attached hydrogen (secondary N) is 2. The smallest absolute Gasteiger partial charge is 0.221 e. The van der Waals surface area contributed by atoms with Crippen molar-refractivity contribution in [3.8, 4) is 27.6 Å². The average molecular weight is 367 g/mol. The van der Waals surface area contributed by atoms with Gasteiger partial charge in [-0.1, -0.05) is 0 Å². The van der Waals surface area contributed by atoms with Crippen LogP contribution < -0.4 is 10.6 Å². The van der Waals surface area contributed by atoms with E-state index in [0.29, 0.717) is 11.4 Å². The highest BCUT2D eigenvalue weighted by Gasteiger charge is 2.13. The van der Waals surface area contributed by atoms with Crippen LogP contribution in [0.1, 0.15) is 13.8 Å². The molecule has 2 aromatic carbocycles. The van der Waals surface area contributed by atoms with E-state index in [0.717, 1.165) is 21.8 Å². The molecule has 26 heavy (non-hydrogen) atoms. The largest absolute Gasteiger partial charge is 0.508 e. The van der Waals surface area contributed by atoms with Crippen molar-refractivity contribution in [3.05, 3.63) is 47.8 Å². The molecule has 0 aliphatic heterocycles. The van der Waals surface area contributed by atoms with Crippen LogP contribution in [-0.2, 0) is 9.59 Å². The summed E-state index contributed by atoms with van der Waals surface area (Å²) in [5, 5.41) is 17.6. The number of carbonyl (C=O) groups excluding carboxylic acids is 2. The Balaban J connectivity index is 1.98. The van der Waals surface area contributed by atoms with Crippen molar-refractivity contribution in [2.45, 2.75) is 13.8 Å². The molecule has 1 aromatic heterocycles. The minimum atomic E-state index is -0.208. The molecule has 0 saturated heterocycles. The summed E-state index contributed by atoms with van der Waals surface area (Å²) in [4.78, 5) is 27.4. The van der Waals surface area contributed by atoms with Gasteiger partial charge in [-0.3, -0.25) is 9.59 Å². The summed E-state index contributed by atoms with van der Waals surface area (Å²) >= 11 is 1.47. The Morgan fingerprint density at radius 2 is 1.69 bits per heavy atom. The molecule has 0 atom stereocenters. The number of thiazole rings is 1. The zero-order chi connectivity index (χ0) is 18.7. The number of anilines is 2. The van der Waals surface area contributed by atoms with Gasteiger partial charge in [0.15, 0.2) is 0 Å². The van der Waals surface area contributed by atoms with Gasteiger partial charge in [-0.15, -0.1) is 11.3 Å². The fourth-order valence-corrected chi connectivity index (χ4v) is 3.30. The van der Waals surface area contributed by atoms with Crippen LogP contribution in [0.3, 0.4) is 0 Å². The molecule has 7 heteroatoms. The molecule has 0 spiro atoms. The minimum absolute atomic E-state index is 0.185. The number of aromatic hydroxyl groups is 1. The van der Waals surface area contributed by atoms with Crippen molar-refractivity contribution in [2.75, 3.05) is 10.6 Å². The van der Waals surface area contributed by atoms with Gasteiger partial charge in [-0.25, -0.2) is 4.98 Å². The maximum Gasteiger partial charge on any atom is 0.221 e. The van der Waals surface area contributed by atoms with Crippen molar-refractivity contribution in [2.24, 2.45) is 0 Å². The van der Waals surface area contributed by atoms with Crippen LogP contribution in [0, 0.1) is 0 Å². The van der Waals surface area contributed by atoms with E-state index in [1.807, 2.05) is 11.4 Å². The van der Waals surface area contributed by atoms with E-state index in [2.05, 4.69) is 15.6 Å². The summed E-state index contributed by atoms with van der Waals surface area (Å²) < 4.78 is 0. The number of carbonyl (C=O) groups is 2. The van der Waals surface area contributed by atoms with Crippen molar-refractivity contribution in [1.29, 1.82) is 0 Å². The number of aromatic nitrogens is 1. The first-order valence-corrected chi connectivity index (χ1v) is 8.75. The van der Waals surface area contributed by atoms with E-state index in [9.17, 15) is 14.7 Å². The quantitative estimate of drug-likeness (QED) is 0.647. The van der Waals surface area contributed by atoms with E-state index in [4.69, 9.17) is 0 Å². The van der Waals surface area contributed by atoms with Crippen LogP contribution in [0.2, 0.25) is 0 Å². The first-order valence-electron chi connectivity index (χ1n) is 7.87. The summed E-state index contributed by atoms with van der Waals surface area (Å²) in [6.45, 7) is 2.86. The summed E-state index contributed by atoms with van der Waals surface area (Å²) in [6.07, 6.45) is 0. The Bertz CT molecular complexity index is 964. The SMILES string of the molecule is CC(=O)Nc1ccc(-c2csc(-c3ccc(O)cc3)n2)c(NC(C)=O)c1. The topological polar surface area (TPSA) is 91.3 Å². The highest BCUT2D eigenvalue weighted by molar-refractivity contribution is 7.13. The third-order valence-corrected chi connectivity index (χ3v) is 4.44. The number of benzene rings is 2. The molecule has 0 bridgehead atoms. The van der Waals surface area contributed by atoms with Gasteiger partial charge in [0.1, 0.15) is 10.8 Å². The fourth-order valence-electron chi connectivity index (χ4n) is 2.48. The predicted molar refractivity (Wildman–Crippen MR) is 103 cm³/mol. The van der Waals surface area contributed by atoms with Gasteiger partial charge in [0.25, 0.3) is 0 Å². The molecular formula is C19H17N3O3S. The van der Waals surface area contributed by atoms with E-state index < -0.39 is 0 Å². The molecule has 6 nitrogen and oxygen atoms in total. The highest BCUT2D eigenvalue weighted by atomic mass is 32.1. The fraction of sp³-hybridized carbons (Fsp3) is 0.105. The Morgan fingerprint density at radius 1 is 1.00 bits per heavy atom. The average Bonchev–Trinajstić information content (AvgIpc) is 3.04. The lowest BCUT2D eigenvalue weighted by molar-refractivity contribution is -0.115. The van der Waals surface area contributed by atoms with Crippen LogP contribution in [0.25, 0.3) is 21.8 Å². The Morgan fingerprint density at radius 3 is 2.35 bits per heavy atom. The maximum atomic E-state index is 11.5. The lowest BCUT2D eigenvalue weighted by atomic mass is 10.1. The molecule has 0 saturated carbocycles. The van der Waals surface area contributed by atoms with Crippen LogP contribution in [-0.4, -0.2) is 21.9 Å². The summed E-state index contributed by atoms with van der Waals surface area (Å²) in [7, 11) is 0. The summed E-state index contributed by atoms with van der Waals surface area (Å²) in [6, 6.07) is 12.1. The van der Waals surface area contributed by atoms with Crippen LogP contribution in [0.5, 0.6) is 5.75 Å². The van der Waals surface area contributed by atoms with Crippen LogP contribution in [0.15, 0.2) is 47.8 Å². The van der Waals surface area contributed by atoms with Gasteiger partial charge in [0, 0.05) is 36.0 Å². The standard InChI is InChI=1S/C19H17N3O3S/c1-11(23)20-14-5-8-16(17(9-14)21-12(2)24)18-10-26-19(22-18)13-3-6-15(25)7-4-13/h3-10,25H,1-2H3,(H,20,23)(H,21,24).